The zero-order valence-electron chi connectivity index (χ0n) is 30.4. The first-order valence-electron chi connectivity index (χ1n) is 18.5. The number of carbonyl (C=O) groups is 3. The minimum atomic E-state index is -1.14. The summed E-state index contributed by atoms with van der Waals surface area (Å²) in [6, 6.07) is 17.9. The summed E-state index contributed by atoms with van der Waals surface area (Å²) in [6.07, 6.45) is 16.3. The fourth-order valence-corrected chi connectivity index (χ4v) is 7.65. The number of ether oxygens (including phenoxy) is 1. The molecule has 1 unspecified atom stereocenters. The van der Waals surface area contributed by atoms with E-state index < -0.39 is 30.1 Å². The molecule has 0 bridgehead atoms. The van der Waals surface area contributed by atoms with E-state index in [-0.39, 0.29) is 24.1 Å². The number of aromatic nitrogens is 2. The third kappa shape index (κ3) is 9.74. The van der Waals surface area contributed by atoms with Crippen LogP contribution in [0.25, 0.3) is 17.0 Å². The van der Waals surface area contributed by atoms with Crippen molar-refractivity contribution in [1.29, 1.82) is 0 Å². The largest absolute Gasteiger partial charge is 0.497 e. The number of nitrogens with zero attached hydrogens (tertiary/aromatic N) is 3. The van der Waals surface area contributed by atoms with E-state index in [2.05, 4.69) is 28.3 Å². The molecule has 1 saturated carbocycles. The lowest BCUT2D eigenvalue weighted by atomic mass is 9.71. The van der Waals surface area contributed by atoms with Gasteiger partial charge in [-0.25, -0.2) is 14.4 Å². The summed E-state index contributed by atoms with van der Waals surface area (Å²) in [5.74, 6) is 0.958. The van der Waals surface area contributed by atoms with Crippen molar-refractivity contribution in [3.8, 4) is 17.1 Å². The second kappa shape index (κ2) is 17.4. The average Bonchev–Trinajstić information content (AvgIpc) is 3.19. The van der Waals surface area contributed by atoms with Gasteiger partial charge in [-0.3, -0.25) is 14.4 Å². The monoisotopic (exact) mass is 718 g/mol. The Bertz CT molecular complexity index is 1920. The number of benzene rings is 3. The van der Waals surface area contributed by atoms with E-state index in [9.17, 15) is 23.9 Å². The molecule has 10 heteroatoms. The van der Waals surface area contributed by atoms with Crippen LogP contribution in [0.4, 0.5) is 10.1 Å². The van der Waals surface area contributed by atoms with Crippen molar-refractivity contribution in [2.75, 3.05) is 19.0 Å². The van der Waals surface area contributed by atoms with Crippen LogP contribution in [0.5, 0.6) is 5.75 Å². The number of aliphatic carboxylic acids is 1. The van der Waals surface area contributed by atoms with Crippen molar-refractivity contribution >= 4 is 29.0 Å². The Morgan fingerprint density at radius 1 is 0.906 bits per heavy atom. The number of carbonyl (C=O) groups excluding carboxylic acids is 2. The number of carboxylic acid groups (broad SMARTS) is 1. The number of halogens is 1. The Kier molecular flexibility index (Phi) is 12.3. The van der Waals surface area contributed by atoms with Gasteiger partial charge < -0.3 is 20.1 Å². The van der Waals surface area contributed by atoms with E-state index in [0.717, 1.165) is 47.3 Å². The van der Waals surface area contributed by atoms with E-state index in [1.807, 2.05) is 36.7 Å². The fourth-order valence-electron chi connectivity index (χ4n) is 7.65. The number of anilines is 1. The van der Waals surface area contributed by atoms with Crippen molar-refractivity contribution in [3.05, 3.63) is 113 Å². The predicted molar refractivity (Wildman–Crippen MR) is 203 cm³/mol. The third-order valence-corrected chi connectivity index (χ3v) is 10.8. The normalized spacial score (nSPS) is 18.5. The van der Waals surface area contributed by atoms with Crippen molar-refractivity contribution < 1.29 is 28.6 Å². The van der Waals surface area contributed by atoms with Crippen LogP contribution < -0.4 is 10.1 Å². The summed E-state index contributed by atoms with van der Waals surface area (Å²) in [5.41, 5.74) is 4.87. The fraction of sp³-hybridized carbons (Fsp3) is 0.372. The van der Waals surface area contributed by atoms with Gasteiger partial charge >= 0.3 is 5.97 Å². The second-order valence-corrected chi connectivity index (χ2v) is 14.3. The molecule has 0 aliphatic heterocycles. The van der Waals surface area contributed by atoms with Gasteiger partial charge in [0.05, 0.1) is 13.5 Å². The highest BCUT2D eigenvalue weighted by Gasteiger charge is 2.28. The van der Waals surface area contributed by atoms with Gasteiger partial charge in [0.25, 0.3) is 5.91 Å². The second-order valence-electron chi connectivity index (χ2n) is 14.3. The molecule has 2 N–H and O–H groups in total. The Morgan fingerprint density at radius 2 is 1.62 bits per heavy atom. The molecular weight excluding hydrogens is 671 g/mol. The standard InChI is InChI=1S/C43H47FN4O5/c1-3-28-4-8-30(9-5-28)31-12-14-32(15-13-31)36-24-45-42(46-25-36)33-10-6-29(7-11-33)26-48(27-41(50)51)43(52)34-16-19-37(20-17-34)47-40(49)22-35-18-21-38(53-2)23-39(35)44/h6-7,10-11,14,16-21,23-25,28,30-31H,3-5,8-9,12-13,15,22,26-27H2,1-2H3,(H,47,49)(H,50,51). The minimum Gasteiger partial charge on any atom is -0.497 e. The molecule has 0 spiro atoms. The lowest BCUT2D eigenvalue weighted by Gasteiger charge is -2.35. The first kappa shape index (κ1) is 37.4. The summed E-state index contributed by atoms with van der Waals surface area (Å²) < 4.78 is 19.3. The topological polar surface area (TPSA) is 122 Å². The Morgan fingerprint density at radius 3 is 2.23 bits per heavy atom. The van der Waals surface area contributed by atoms with E-state index >= 15 is 0 Å². The molecule has 6 rings (SSSR count). The summed E-state index contributed by atoms with van der Waals surface area (Å²) >= 11 is 0. The van der Waals surface area contributed by atoms with Gasteiger partial charge in [0.2, 0.25) is 5.91 Å². The lowest BCUT2D eigenvalue weighted by molar-refractivity contribution is -0.137. The number of carboxylic acids is 1. The van der Waals surface area contributed by atoms with Crippen molar-refractivity contribution in [2.24, 2.45) is 17.8 Å². The van der Waals surface area contributed by atoms with Gasteiger partial charge in [-0.2, -0.15) is 0 Å². The SMILES string of the molecule is CCC1CCC(C2CC=C(c3cnc(-c4ccc(CN(CC(=O)O)C(=O)c5ccc(NC(=O)Cc6ccc(OC)cc6F)cc5)cc4)nc3)CC2)CC1. The third-order valence-electron chi connectivity index (χ3n) is 10.8. The smallest absolute Gasteiger partial charge is 0.323 e. The molecular formula is C43H47FN4O5. The molecule has 1 heterocycles. The van der Waals surface area contributed by atoms with Crippen LogP contribution in [-0.2, 0) is 22.6 Å². The van der Waals surface area contributed by atoms with Gasteiger partial charge in [0.1, 0.15) is 18.1 Å². The van der Waals surface area contributed by atoms with Crippen LogP contribution in [-0.4, -0.2) is 51.4 Å². The van der Waals surface area contributed by atoms with Gasteiger partial charge in [0.15, 0.2) is 5.82 Å². The summed E-state index contributed by atoms with van der Waals surface area (Å²) in [6.45, 7) is 1.90. The lowest BCUT2D eigenvalue weighted by Crippen LogP contribution is -2.35. The van der Waals surface area contributed by atoms with Crippen LogP contribution in [0.1, 0.15) is 85.3 Å². The van der Waals surface area contributed by atoms with E-state index in [1.165, 1.54) is 80.4 Å². The summed E-state index contributed by atoms with van der Waals surface area (Å²) in [7, 11) is 1.43. The van der Waals surface area contributed by atoms with Crippen molar-refractivity contribution in [2.45, 2.75) is 71.3 Å². The first-order valence-corrected chi connectivity index (χ1v) is 18.5. The van der Waals surface area contributed by atoms with Crippen LogP contribution in [0, 0.1) is 23.6 Å². The molecule has 4 aromatic rings. The molecule has 0 saturated heterocycles. The van der Waals surface area contributed by atoms with E-state index in [0.29, 0.717) is 17.3 Å². The van der Waals surface area contributed by atoms with Crippen LogP contribution >= 0.6 is 0 Å². The molecule has 2 aliphatic rings. The minimum absolute atomic E-state index is 0.0757. The number of methoxy groups -OCH3 is 1. The average molecular weight is 719 g/mol. The maximum absolute atomic E-state index is 14.3. The summed E-state index contributed by atoms with van der Waals surface area (Å²) in [4.78, 5) is 48.3. The molecule has 1 fully saturated rings. The molecule has 2 amide bonds. The quantitative estimate of drug-likeness (QED) is 0.142. The number of hydrogen-bond acceptors (Lipinski definition) is 6. The first-order chi connectivity index (χ1) is 25.7. The highest BCUT2D eigenvalue weighted by molar-refractivity contribution is 5.97. The maximum atomic E-state index is 14.3. The van der Waals surface area contributed by atoms with Gasteiger partial charge in [0, 0.05) is 47.4 Å². The van der Waals surface area contributed by atoms with Gasteiger partial charge in [-0.05, 0) is 96.9 Å². The summed E-state index contributed by atoms with van der Waals surface area (Å²) in [5, 5.41) is 12.3. The molecule has 53 heavy (non-hydrogen) atoms. The van der Waals surface area contributed by atoms with Gasteiger partial charge in [-0.15, -0.1) is 0 Å². The number of allylic oxidation sites excluding steroid dienone is 2. The molecule has 1 aromatic heterocycles. The Hall–Kier alpha value is -5.38. The van der Waals surface area contributed by atoms with Crippen LogP contribution in [0.2, 0.25) is 0 Å². The molecule has 9 nitrogen and oxygen atoms in total. The van der Waals surface area contributed by atoms with Crippen molar-refractivity contribution in [1.82, 2.24) is 14.9 Å². The zero-order chi connectivity index (χ0) is 37.3. The molecule has 0 radical (unpaired) electrons. The number of hydrogen-bond donors (Lipinski definition) is 2. The number of nitrogens with one attached hydrogen (secondary N) is 1. The predicted octanol–water partition coefficient (Wildman–Crippen LogP) is 8.60. The van der Waals surface area contributed by atoms with Gasteiger partial charge in [-0.1, -0.05) is 62.6 Å². The van der Waals surface area contributed by atoms with Crippen molar-refractivity contribution in [3.63, 3.8) is 0 Å². The highest BCUT2D eigenvalue weighted by atomic mass is 19.1. The van der Waals surface area contributed by atoms with E-state index in [4.69, 9.17) is 4.74 Å². The van der Waals surface area contributed by atoms with E-state index in [1.54, 1.807) is 18.2 Å². The Labute approximate surface area is 310 Å². The van der Waals surface area contributed by atoms with Crippen LogP contribution in [0.3, 0.4) is 0 Å². The molecule has 1 atom stereocenters. The molecule has 2 aliphatic carbocycles. The van der Waals surface area contributed by atoms with Crippen LogP contribution in [0.15, 0.2) is 85.2 Å². The number of rotatable bonds is 13. The Balaban J connectivity index is 1.03. The zero-order valence-corrected chi connectivity index (χ0v) is 30.4. The molecule has 276 valence electrons. The maximum Gasteiger partial charge on any atom is 0.323 e. The molecule has 3 aromatic carbocycles. The highest BCUT2D eigenvalue weighted by Crippen LogP contribution is 2.41. The number of amides is 2.